The van der Waals surface area contributed by atoms with Gasteiger partial charge < -0.3 is 10.3 Å². The second-order valence-corrected chi connectivity index (χ2v) is 3.76. The fourth-order valence-electron chi connectivity index (χ4n) is 1.87. The van der Waals surface area contributed by atoms with Gasteiger partial charge in [-0.05, 0) is 12.2 Å². The van der Waals surface area contributed by atoms with Crippen LogP contribution in [0.1, 0.15) is 0 Å². The Hall–Kier alpha value is -2.24. The van der Waals surface area contributed by atoms with Gasteiger partial charge in [0.15, 0.2) is 0 Å². The molecule has 1 aliphatic carbocycles. The van der Waals surface area contributed by atoms with Gasteiger partial charge in [0.05, 0.1) is 22.7 Å². The molecule has 1 aromatic rings. The van der Waals surface area contributed by atoms with Crippen LogP contribution >= 0.6 is 0 Å². The number of rotatable bonds is 0. The van der Waals surface area contributed by atoms with E-state index in [0.29, 0.717) is 5.71 Å². The van der Waals surface area contributed by atoms with Crippen molar-refractivity contribution < 1.29 is 4.79 Å². The van der Waals surface area contributed by atoms with Gasteiger partial charge in [-0.15, -0.1) is 0 Å². The molecule has 1 atom stereocenters. The maximum absolute atomic E-state index is 11.6. The van der Waals surface area contributed by atoms with Gasteiger partial charge in [-0.25, -0.2) is 9.98 Å². The van der Waals surface area contributed by atoms with Crippen molar-refractivity contribution in [3.05, 3.63) is 17.0 Å². The molecule has 0 fully saturated rings. The van der Waals surface area contributed by atoms with E-state index in [1.54, 1.807) is 12.4 Å². The lowest BCUT2D eigenvalue weighted by atomic mass is 9.97. The zero-order chi connectivity index (χ0) is 11.3. The number of nitrogens with two attached hydrogens (primary N) is 1. The standard InChI is InChI=1S/C10H9N5O/c1-15-4-12-7-2-5-6(3-8(7)15)13-10(11)14-9(5)16/h2-5H,1H3,(H2,11,14,16). The summed E-state index contributed by atoms with van der Waals surface area (Å²) in [6.45, 7) is 0. The number of hydrogen-bond acceptors (Lipinski definition) is 4. The highest BCUT2D eigenvalue weighted by molar-refractivity contribution is 6.29. The summed E-state index contributed by atoms with van der Waals surface area (Å²) in [4.78, 5) is 23.5. The van der Waals surface area contributed by atoms with Crippen molar-refractivity contribution in [3.8, 4) is 0 Å². The van der Waals surface area contributed by atoms with Gasteiger partial charge >= 0.3 is 0 Å². The molecule has 2 aliphatic rings. The zero-order valence-electron chi connectivity index (χ0n) is 8.58. The van der Waals surface area contributed by atoms with Crippen LogP contribution in [0.4, 0.5) is 0 Å². The Balaban J connectivity index is 2.31. The largest absolute Gasteiger partial charge is 0.368 e. The second-order valence-electron chi connectivity index (χ2n) is 3.76. The quantitative estimate of drug-likeness (QED) is 0.538. The Labute approximate surface area is 90.5 Å². The number of carbonyl (C=O) groups excluding carboxylic acids is 1. The maximum atomic E-state index is 11.6. The molecule has 0 saturated heterocycles. The van der Waals surface area contributed by atoms with Crippen LogP contribution in [0.3, 0.4) is 0 Å². The SMILES string of the molecule is Cn1cnc2c1=CC1=NC(N)=NC(=O)C1C=2. The van der Waals surface area contributed by atoms with Crippen LogP contribution in [0.15, 0.2) is 16.3 Å². The zero-order valence-corrected chi connectivity index (χ0v) is 8.58. The molecule has 80 valence electrons. The molecule has 2 N–H and O–H groups in total. The first-order valence-electron chi connectivity index (χ1n) is 4.82. The van der Waals surface area contributed by atoms with E-state index in [1.807, 2.05) is 17.7 Å². The Morgan fingerprint density at radius 3 is 3.06 bits per heavy atom. The summed E-state index contributed by atoms with van der Waals surface area (Å²) in [6, 6.07) is 0. The third kappa shape index (κ3) is 1.13. The summed E-state index contributed by atoms with van der Waals surface area (Å²) < 4.78 is 1.87. The highest BCUT2D eigenvalue weighted by Crippen LogP contribution is 2.12. The molecule has 1 unspecified atom stereocenters. The first kappa shape index (κ1) is 9.02. The lowest BCUT2D eigenvalue weighted by molar-refractivity contribution is -0.118. The smallest absolute Gasteiger partial charge is 0.262 e. The average molecular weight is 215 g/mol. The molecule has 0 aromatic carbocycles. The van der Waals surface area contributed by atoms with Crippen LogP contribution in [-0.4, -0.2) is 27.1 Å². The fraction of sp³-hybridized carbons (Fsp3) is 0.200. The molecule has 1 amide bonds. The van der Waals surface area contributed by atoms with E-state index in [0.717, 1.165) is 10.7 Å². The van der Waals surface area contributed by atoms with Gasteiger partial charge in [0, 0.05) is 7.05 Å². The lowest BCUT2D eigenvalue weighted by Crippen LogP contribution is -2.40. The van der Waals surface area contributed by atoms with Gasteiger partial charge in [-0.1, -0.05) is 0 Å². The minimum Gasteiger partial charge on any atom is -0.368 e. The molecule has 0 saturated carbocycles. The van der Waals surface area contributed by atoms with Crippen LogP contribution in [-0.2, 0) is 11.8 Å². The summed E-state index contributed by atoms with van der Waals surface area (Å²) in [7, 11) is 1.89. The molecule has 1 aliphatic heterocycles. The first-order valence-corrected chi connectivity index (χ1v) is 4.82. The van der Waals surface area contributed by atoms with Crippen LogP contribution in [0.25, 0.3) is 12.2 Å². The van der Waals surface area contributed by atoms with E-state index in [4.69, 9.17) is 5.73 Å². The molecule has 1 aromatic heterocycles. The van der Waals surface area contributed by atoms with Crippen molar-refractivity contribution in [1.29, 1.82) is 0 Å². The highest BCUT2D eigenvalue weighted by Gasteiger charge is 2.27. The number of fused-ring (bicyclic) bond motifs is 2. The van der Waals surface area contributed by atoms with Gasteiger partial charge in [-0.3, -0.25) is 4.79 Å². The van der Waals surface area contributed by atoms with Crippen molar-refractivity contribution in [3.63, 3.8) is 0 Å². The molecule has 16 heavy (non-hydrogen) atoms. The normalized spacial score (nSPS) is 22.3. The van der Waals surface area contributed by atoms with Crippen LogP contribution in [0.5, 0.6) is 0 Å². The molecule has 6 nitrogen and oxygen atoms in total. The molecular weight excluding hydrogens is 206 g/mol. The summed E-state index contributed by atoms with van der Waals surface area (Å²) in [6.07, 6.45) is 5.29. The number of aliphatic imine (C=N–C) groups is 2. The molecule has 6 heteroatoms. The van der Waals surface area contributed by atoms with Crippen molar-refractivity contribution in [2.45, 2.75) is 0 Å². The molecule has 0 spiro atoms. The van der Waals surface area contributed by atoms with Crippen LogP contribution in [0.2, 0.25) is 0 Å². The third-order valence-corrected chi connectivity index (χ3v) is 2.67. The highest BCUT2D eigenvalue weighted by atomic mass is 16.1. The van der Waals surface area contributed by atoms with Gasteiger partial charge in [0.1, 0.15) is 5.92 Å². The van der Waals surface area contributed by atoms with E-state index in [9.17, 15) is 4.79 Å². The first-order chi connectivity index (χ1) is 7.65. The number of carbonyl (C=O) groups is 1. The minimum absolute atomic E-state index is 0.0199. The predicted octanol–water partition coefficient (Wildman–Crippen LogP) is -2.09. The second kappa shape index (κ2) is 2.88. The summed E-state index contributed by atoms with van der Waals surface area (Å²) in [5.74, 6) is -0.698. The number of aryl methyl sites for hydroxylation is 1. The lowest BCUT2D eigenvalue weighted by Gasteiger charge is -2.15. The molecule has 3 rings (SSSR count). The maximum Gasteiger partial charge on any atom is 0.262 e. The third-order valence-electron chi connectivity index (χ3n) is 2.67. The van der Waals surface area contributed by atoms with E-state index in [2.05, 4.69) is 15.0 Å². The summed E-state index contributed by atoms with van der Waals surface area (Å²) in [5, 5.41) is 1.72. The fourth-order valence-corrected chi connectivity index (χ4v) is 1.87. The number of imidazole rings is 1. The van der Waals surface area contributed by atoms with E-state index in [1.165, 1.54) is 0 Å². The van der Waals surface area contributed by atoms with Crippen molar-refractivity contribution >= 4 is 29.7 Å². The summed E-state index contributed by atoms with van der Waals surface area (Å²) >= 11 is 0. The Kier molecular flexibility index (Phi) is 1.62. The molecular formula is C10H9N5O. The molecule has 0 radical (unpaired) electrons. The number of aromatic nitrogens is 2. The van der Waals surface area contributed by atoms with Crippen LogP contribution in [0, 0.1) is 5.92 Å². The Bertz CT molecular complexity index is 664. The minimum atomic E-state index is -0.435. The van der Waals surface area contributed by atoms with Crippen LogP contribution < -0.4 is 16.4 Å². The van der Waals surface area contributed by atoms with Crippen molar-refractivity contribution in [1.82, 2.24) is 9.55 Å². The van der Waals surface area contributed by atoms with E-state index in [-0.39, 0.29) is 11.9 Å². The van der Waals surface area contributed by atoms with E-state index < -0.39 is 5.92 Å². The van der Waals surface area contributed by atoms with E-state index >= 15 is 0 Å². The molecule has 2 heterocycles. The molecule has 0 bridgehead atoms. The Morgan fingerprint density at radius 2 is 2.25 bits per heavy atom. The Morgan fingerprint density at radius 1 is 1.44 bits per heavy atom. The van der Waals surface area contributed by atoms with Gasteiger partial charge in [0.2, 0.25) is 5.96 Å². The summed E-state index contributed by atoms with van der Waals surface area (Å²) in [5.41, 5.74) is 6.08. The average Bonchev–Trinajstić information content (AvgIpc) is 2.58. The van der Waals surface area contributed by atoms with Crippen molar-refractivity contribution in [2.24, 2.45) is 28.7 Å². The monoisotopic (exact) mass is 215 g/mol. The number of guanidine groups is 1. The number of amides is 1. The predicted molar refractivity (Wildman–Crippen MR) is 58.9 cm³/mol. The van der Waals surface area contributed by atoms with Gasteiger partial charge in [-0.2, -0.15) is 4.99 Å². The number of hydrogen-bond donors (Lipinski definition) is 1. The topological polar surface area (TPSA) is 85.6 Å². The van der Waals surface area contributed by atoms with Crippen molar-refractivity contribution in [2.75, 3.05) is 0 Å². The number of nitrogens with zero attached hydrogens (tertiary/aromatic N) is 4. The van der Waals surface area contributed by atoms with Gasteiger partial charge in [0.25, 0.3) is 5.91 Å².